The number of hydrogen-bond donors (Lipinski definition) is 1. The van der Waals surface area contributed by atoms with Gasteiger partial charge in [-0.25, -0.2) is 0 Å². The monoisotopic (exact) mass is 347 g/mol. The van der Waals surface area contributed by atoms with Gasteiger partial charge in [-0.15, -0.1) is 0 Å². The molecule has 0 unspecified atom stereocenters. The minimum absolute atomic E-state index is 0.128. The first-order valence-electron chi connectivity index (χ1n) is 6.66. The molecule has 0 aromatic rings. The molecule has 96 valence electrons. The minimum atomic E-state index is 0.128. The zero-order valence-electron chi connectivity index (χ0n) is 10.8. The lowest BCUT2D eigenvalue weighted by Crippen LogP contribution is -2.36. The van der Waals surface area contributed by atoms with Gasteiger partial charge in [-0.3, -0.25) is 4.79 Å². The summed E-state index contributed by atoms with van der Waals surface area (Å²) in [6, 6.07) is 0.602. The van der Waals surface area contributed by atoms with Crippen molar-refractivity contribution in [1.82, 2.24) is 5.32 Å². The maximum atomic E-state index is 12.0. The lowest BCUT2D eigenvalue weighted by atomic mass is 9.78. The van der Waals surface area contributed by atoms with Crippen LogP contribution >= 0.6 is 22.6 Å². The van der Waals surface area contributed by atoms with Gasteiger partial charge in [0.1, 0.15) is 0 Å². The van der Waals surface area contributed by atoms with Crippen LogP contribution in [0.1, 0.15) is 58.8 Å². The lowest BCUT2D eigenvalue weighted by Gasteiger charge is -2.34. The molecule has 1 N–H and O–H groups in total. The van der Waals surface area contributed by atoms with E-state index in [4.69, 9.17) is 0 Å². The quantitative estimate of drug-likeness (QED) is 0.767. The number of hydrogen-bond acceptors (Lipinski definition) is 2. The average molecular weight is 347 g/mol. The van der Waals surface area contributed by atoms with E-state index in [2.05, 4.69) is 41.8 Å². The topological polar surface area (TPSA) is 29.1 Å². The van der Waals surface area contributed by atoms with Gasteiger partial charge < -0.3 is 5.32 Å². The molecule has 1 fully saturated rings. The first-order valence-corrected chi connectivity index (χ1v) is 7.74. The summed E-state index contributed by atoms with van der Waals surface area (Å²) in [4.78, 5) is 12.0. The fourth-order valence-electron chi connectivity index (χ4n) is 2.91. The largest absolute Gasteiger partial charge is 0.385 e. The van der Waals surface area contributed by atoms with Crippen molar-refractivity contribution in [3.8, 4) is 0 Å². The van der Waals surface area contributed by atoms with Gasteiger partial charge in [-0.2, -0.15) is 0 Å². The highest BCUT2D eigenvalue weighted by Crippen LogP contribution is 2.38. The van der Waals surface area contributed by atoms with Gasteiger partial charge in [0.25, 0.3) is 0 Å². The van der Waals surface area contributed by atoms with Crippen LogP contribution in [0, 0.1) is 5.41 Å². The first kappa shape index (κ1) is 13.4. The molecule has 3 heteroatoms. The maximum absolute atomic E-state index is 12.0. The second-order valence-electron chi connectivity index (χ2n) is 6.21. The van der Waals surface area contributed by atoms with Gasteiger partial charge in [-0.1, -0.05) is 33.1 Å². The van der Waals surface area contributed by atoms with Gasteiger partial charge in [0.05, 0.1) is 3.58 Å². The highest BCUT2D eigenvalue weighted by Gasteiger charge is 2.32. The van der Waals surface area contributed by atoms with Gasteiger partial charge >= 0.3 is 0 Å². The van der Waals surface area contributed by atoms with E-state index < -0.39 is 0 Å². The number of rotatable bonds is 2. The number of ketones is 1. The number of halogens is 1. The molecule has 0 spiro atoms. The molecule has 0 heterocycles. The van der Waals surface area contributed by atoms with Crippen LogP contribution in [-0.4, -0.2) is 11.8 Å². The SMILES string of the molecule is CC1(C)CC(=O)C(I)=C(NC2CCCCC2)C1. The Kier molecular flexibility index (Phi) is 4.16. The second-order valence-corrected chi connectivity index (χ2v) is 7.29. The fraction of sp³-hybridized carbons (Fsp3) is 0.786. The van der Waals surface area contributed by atoms with E-state index in [0.29, 0.717) is 18.2 Å². The highest BCUT2D eigenvalue weighted by atomic mass is 127. The number of carbonyl (C=O) groups is 1. The summed E-state index contributed by atoms with van der Waals surface area (Å²) in [6.45, 7) is 4.38. The molecule has 17 heavy (non-hydrogen) atoms. The van der Waals surface area contributed by atoms with Crippen molar-refractivity contribution in [3.05, 3.63) is 9.28 Å². The molecule has 2 aliphatic carbocycles. The van der Waals surface area contributed by atoms with Gasteiger partial charge in [0, 0.05) is 18.2 Å². The molecule has 0 amide bonds. The Labute approximate surface area is 118 Å². The zero-order chi connectivity index (χ0) is 12.5. The fourth-order valence-corrected chi connectivity index (χ4v) is 3.44. The Morgan fingerprint density at radius 3 is 2.47 bits per heavy atom. The van der Waals surface area contributed by atoms with Crippen LogP contribution in [0.25, 0.3) is 0 Å². The Bertz CT molecular complexity index is 340. The molecule has 2 nitrogen and oxygen atoms in total. The number of allylic oxidation sites excluding steroid dienone is 2. The van der Waals surface area contributed by atoms with Crippen LogP contribution < -0.4 is 5.32 Å². The van der Waals surface area contributed by atoms with Crippen molar-refractivity contribution in [3.63, 3.8) is 0 Å². The summed E-state index contributed by atoms with van der Waals surface area (Å²) < 4.78 is 0.951. The summed E-state index contributed by atoms with van der Waals surface area (Å²) in [5.74, 6) is 0.320. The van der Waals surface area contributed by atoms with Crippen molar-refractivity contribution in [2.75, 3.05) is 0 Å². The predicted molar refractivity (Wildman–Crippen MR) is 79.1 cm³/mol. The summed E-state index contributed by atoms with van der Waals surface area (Å²) in [5.41, 5.74) is 1.33. The second kappa shape index (κ2) is 5.29. The molecule has 2 aliphatic rings. The van der Waals surface area contributed by atoms with Crippen LogP contribution in [0.15, 0.2) is 9.28 Å². The lowest BCUT2D eigenvalue weighted by molar-refractivity contribution is -0.117. The van der Waals surface area contributed by atoms with Crippen LogP contribution in [0.4, 0.5) is 0 Å². The van der Waals surface area contributed by atoms with Crippen LogP contribution in [0.5, 0.6) is 0 Å². The molecule has 0 bridgehead atoms. The molecule has 2 rings (SSSR count). The summed E-state index contributed by atoms with van der Waals surface area (Å²) in [5, 5.41) is 3.64. The Morgan fingerprint density at radius 1 is 1.18 bits per heavy atom. The first-order chi connectivity index (χ1) is 7.98. The van der Waals surface area contributed by atoms with E-state index in [0.717, 1.165) is 10.0 Å². The molecular weight excluding hydrogens is 325 g/mol. The normalized spacial score (nSPS) is 26.2. The van der Waals surface area contributed by atoms with E-state index >= 15 is 0 Å². The Hall–Kier alpha value is -0.0600. The number of Topliss-reactive ketones (excluding diaryl/α,β-unsaturated/α-hetero) is 1. The molecule has 0 saturated heterocycles. The molecular formula is C14H22INO. The van der Waals surface area contributed by atoms with E-state index in [1.165, 1.54) is 37.8 Å². The summed E-state index contributed by atoms with van der Waals surface area (Å²) >= 11 is 2.23. The standard InChI is InChI=1S/C14H22INO/c1-14(2)8-11(13(15)12(17)9-14)16-10-6-4-3-5-7-10/h10,16H,3-9H2,1-2H3. The Balaban J connectivity index is 2.07. The van der Waals surface area contributed by atoms with E-state index in [9.17, 15) is 4.79 Å². The van der Waals surface area contributed by atoms with E-state index in [1.54, 1.807) is 0 Å². The third-order valence-electron chi connectivity index (χ3n) is 3.79. The van der Waals surface area contributed by atoms with E-state index in [-0.39, 0.29) is 5.41 Å². The van der Waals surface area contributed by atoms with Gasteiger partial charge in [0.2, 0.25) is 0 Å². The van der Waals surface area contributed by atoms with Crippen molar-refractivity contribution >= 4 is 28.4 Å². The highest BCUT2D eigenvalue weighted by molar-refractivity contribution is 14.1. The molecule has 1 saturated carbocycles. The van der Waals surface area contributed by atoms with Gasteiger partial charge in [0.15, 0.2) is 5.78 Å². The van der Waals surface area contributed by atoms with Crippen LogP contribution in [0.3, 0.4) is 0 Å². The molecule has 0 aliphatic heterocycles. The maximum Gasteiger partial charge on any atom is 0.171 e. The summed E-state index contributed by atoms with van der Waals surface area (Å²) in [7, 11) is 0. The molecule has 0 atom stereocenters. The number of nitrogens with one attached hydrogen (secondary N) is 1. The van der Waals surface area contributed by atoms with Crippen molar-refractivity contribution < 1.29 is 4.79 Å². The van der Waals surface area contributed by atoms with Gasteiger partial charge in [-0.05, 0) is 47.3 Å². The van der Waals surface area contributed by atoms with E-state index in [1.807, 2.05) is 0 Å². The number of carbonyl (C=O) groups excluding carboxylic acids is 1. The molecule has 0 radical (unpaired) electrons. The minimum Gasteiger partial charge on any atom is -0.385 e. The third kappa shape index (κ3) is 3.46. The molecule has 0 aromatic carbocycles. The smallest absolute Gasteiger partial charge is 0.171 e. The van der Waals surface area contributed by atoms with Crippen molar-refractivity contribution in [2.24, 2.45) is 5.41 Å². The summed E-state index contributed by atoms with van der Waals surface area (Å²) in [6.07, 6.45) is 8.29. The third-order valence-corrected chi connectivity index (χ3v) is 5.04. The zero-order valence-corrected chi connectivity index (χ0v) is 13.0. The van der Waals surface area contributed by atoms with Crippen LogP contribution in [-0.2, 0) is 4.79 Å². The predicted octanol–water partition coefficient (Wildman–Crippen LogP) is 3.94. The Morgan fingerprint density at radius 2 is 1.82 bits per heavy atom. The van der Waals surface area contributed by atoms with Crippen molar-refractivity contribution in [1.29, 1.82) is 0 Å². The van der Waals surface area contributed by atoms with Crippen LogP contribution in [0.2, 0.25) is 0 Å². The molecule has 0 aromatic heterocycles. The average Bonchev–Trinajstić information content (AvgIpc) is 2.26. The van der Waals surface area contributed by atoms with Crippen molar-refractivity contribution in [2.45, 2.75) is 64.8 Å².